The van der Waals surface area contributed by atoms with Gasteiger partial charge in [0.2, 0.25) is 0 Å². The number of carboxylic acids is 1. The molecule has 1 rings (SSSR count). The first-order valence-electron chi connectivity index (χ1n) is 5.01. The van der Waals surface area contributed by atoms with Crippen molar-refractivity contribution < 1.29 is 14.3 Å². The van der Waals surface area contributed by atoms with E-state index in [4.69, 9.17) is 5.11 Å². The molecular formula is C12H16FNO2. The molecule has 0 radical (unpaired) electrons. The summed E-state index contributed by atoms with van der Waals surface area (Å²) in [6.07, 6.45) is -0.0660. The van der Waals surface area contributed by atoms with Crippen LogP contribution in [0.25, 0.3) is 0 Å². The first-order valence-corrected chi connectivity index (χ1v) is 5.01. The van der Waals surface area contributed by atoms with Crippen molar-refractivity contribution in [2.45, 2.75) is 18.9 Å². The fraction of sp³-hybridized carbons (Fsp3) is 0.417. The molecule has 0 fully saturated rings. The van der Waals surface area contributed by atoms with Crippen LogP contribution in [0.2, 0.25) is 0 Å². The van der Waals surface area contributed by atoms with E-state index < -0.39 is 11.5 Å². The van der Waals surface area contributed by atoms with Gasteiger partial charge in [-0.2, -0.15) is 0 Å². The van der Waals surface area contributed by atoms with Gasteiger partial charge in [0.25, 0.3) is 0 Å². The van der Waals surface area contributed by atoms with E-state index in [1.165, 1.54) is 12.1 Å². The summed E-state index contributed by atoms with van der Waals surface area (Å²) < 4.78 is 13.1. The van der Waals surface area contributed by atoms with Crippen molar-refractivity contribution in [1.29, 1.82) is 0 Å². The number of hydrogen-bond acceptors (Lipinski definition) is 2. The molecule has 88 valence electrons. The molecule has 0 heterocycles. The lowest BCUT2D eigenvalue weighted by Crippen LogP contribution is -2.40. The van der Waals surface area contributed by atoms with Crippen molar-refractivity contribution in [2.24, 2.45) is 0 Å². The lowest BCUT2D eigenvalue weighted by Gasteiger charge is -2.35. The molecule has 0 spiro atoms. The first-order chi connectivity index (χ1) is 7.36. The number of nitrogens with zero attached hydrogens (tertiary/aromatic N) is 1. The van der Waals surface area contributed by atoms with Gasteiger partial charge in [0.05, 0.1) is 12.0 Å². The highest BCUT2D eigenvalue weighted by atomic mass is 19.1. The predicted molar refractivity (Wildman–Crippen MR) is 59.7 cm³/mol. The van der Waals surface area contributed by atoms with Gasteiger partial charge >= 0.3 is 5.97 Å². The van der Waals surface area contributed by atoms with Crippen molar-refractivity contribution in [3.8, 4) is 0 Å². The Morgan fingerprint density at radius 1 is 1.50 bits per heavy atom. The van der Waals surface area contributed by atoms with Crippen LogP contribution in [0.15, 0.2) is 24.3 Å². The maximum Gasteiger partial charge on any atom is 0.305 e. The third-order valence-corrected chi connectivity index (χ3v) is 2.93. The van der Waals surface area contributed by atoms with E-state index in [-0.39, 0.29) is 12.2 Å². The molecular weight excluding hydrogens is 209 g/mol. The molecule has 1 aromatic carbocycles. The number of carboxylic acid groups (broad SMARTS) is 1. The number of rotatable bonds is 4. The van der Waals surface area contributed by atoms with Crippen LogP contribution in [0.3, 0.4) is 0 Å². The third kappa shape index (κ3) is 2.58. The molecule has 1 aromatic rings. The average Bonchev–Trinajstić information content (AvgIpc) is 2.16. The van der Waals surface area contributed by atoms with E-state index in [9.17, 15) is 9.18 Å². The Kier molecular flexibility index (Phi) is 3.65. The van der Waals surface area contributed by atoms with Gasteiger partial charge in [-0.15, -0.1) is 0 Å². The molecule has 16 heavy (non-hydrogen) atoms. The minimum absolute atomic E-state index is 0.0660. The third-order valence-electron chi connectivity index (χ3n) is 2.93. The van der Waals surface area contributed by atoms with Crippen molar-refractivity contribution in [3.63, 3.8) is 0 Å². The number of halogens is 1. The summed E-state index contributed by atoms with van der Waals surface area (Å²) in [5, 5.41) is 8.91. The molecule has 3 nitrogen and oxygen atoms in total. The molecule has 0 saturated carbocycles. The molecule has 1 N–H and O–H groups in total. The molecule has 0 aliphatic heterocycles. The van der Waals surface area contributed by atoms with Crippen LogP contribution in [0.1, 0.15) is 18.9 Å². The van der Waals surface area contributed by atoms with Gasteiger partial charge in [-0.05, 0) is 38.7 Å². The molecule has 0 aliphatic rings. The Balaban J connectivity index is 3.16. The lowest BCUT2D eigenvalue weighted by molar-refractivity contribution is -0.140. The number of benzene rings is 1. The van der Waals surface area contributed by atoms with E-state index in [0.717, 1.165) is 0 Å². The zero-order chi connectivity index (χ0) is 12.3. The Hall–Kier alpha value is -1.42. The summed E-state index contributed by atoms with van der Waals surface area (Å²) in [6, 6.07) is 6.06. The standard InChI is InChI=1S/C12H16FNO2/c1-12(14(2)3,8-11(15)16)9-5-4-6-10(13)7-9/h4-7H,8H2,1-3H3,(H,15,16). The van der Waals surface area contributed by atoms with Crippen molar-refractivity contribution >= 4 is 5.97 Å². The fourth-order valence-corrected chi connectivity index (χ4v) is 1.64. The van der Waals surface area contributed by atoms with E-state index in [1.807, 2.05) is 0 Å². The quantitative estimate of drug-likeness (QED) is 0.852. The van der Waals surface area contributed by atoms with E-state index in [1.54, 1.807) is 38.1 Å². The normalized spacial score (nSPS) is 14.8. The van der Waals surface area contributed by atoms with Crippen LogP contribution in [-0.4, -0.2) is 30.1 Å². The van der Waals surface area contributed by atoms with E-state index in [2.05, 4.69) is 0 Å². The highest BCUT2D eigenvalue weighted by Crippen LogP contribution is 2.30. The topological polar surface area (TPSA) is 40.5 Å². The van der Waals surface area contributed by atoms with Crippen LogP contribution in [0.5, 0.6) is 0 Å². The second kappa shape index (κ2) is 4.61. The number of carbonyl (C=O) groups is 1. The summed E-state index contributed by atoms with van der Waals surface area (Å²) in [5.41, 5.74) is -0.0339. The monoisotopic (exact) mass is 225 g/mol. The maximum absolute atomic E-state index is 13.1. The van der Waals surface area contributed by atoms with E-state index >= 15 is 0 Å². The minimum atomic E-state index is -0.902. The van der Waals surface area contributed by atoms with Crippen LogP contribution < -0.4 is 0 Å². The first kappa shape index (κ1) is 12.6. The largest absolute Gasteiger partial charge is 0.481 e. The van der Waals surface area contributed by atoms with Gasteiger partial charge in [0.1, 0.15) is 5.82 Å². The Morgan fingerprint density at radius 3 is 2.56 bits per heavy atom. The molecule has 0 bridgehead atoms. The Morgan fingerprint density at radius 2 is 2.12 bits per heavy atom. The lowest BCUT2D eigenvalue weighted by atomic mass is 9.87. The van der Waals surface area contributed by atoms with Gasteiger partial charge in [-0.3, -0.25) is 9.69 Å². The predicted octanol–water partition coefficient (Wildman–Crippen LogP) is 2.08. The molecule has 0 aliphatic carbocycles. The second-order valence-corrected chi connectivity index (χ2v) is 4.25. The van der Waals surface area contributed by atoms with Gasteiger partial charge < -0.3 is 5.11 Å². The molecule has 0 saturated heterocycles. The average molecular weight is 225 g/mol. The Labute approximate surface area is 94.5 Å². The summed E-state index contributed by atoms with van der Waals surface area (Å²) in [5.74, 6) is -1.25. The van der Waals surface area contributed by atoms with Crippen LogP contribution in [0.4, 0.5) is 4.39 Å². The van der Waals surface area contributed by atoms with Crippen molar-refractivity contribution in [3.05, 3.63) is 35.6 Å². The van der Waals surface area contributed by atoms with Gasteiger partial charge in [0, 0.05) is 0 Å². The summed E-state index contributed by atoms with van der Waals surface area (Å²) in [7, 11) is 3.57. The minimum Gasteiger partial charge on any atom is -0.481 e. The number of hydrogen-bond donors (Lipinski definition) is 1. The highest BCUT2D eigenvalue weighted by molar-refractivity contribution is 5.68. The SMILES string of the molecule is CN(C)C(C)(CC(=O)O)c1cccc(F)c1. The number of aliphatic carboxylic acids is 1. The van der Waals surface area contributed by atoms with Crippen LogP contribution in [0, 0.1) is 5.82 Å². The van der Waals surface area contributed by atoms with Gasteiger partial charge in [-0.1, -0.05) is 12.1 Å². The fourth-order valence-electron chi connectivity index (χ4n) is 1.64. The van der Waals surface area contributed by atoms with Gasteiger partial charge in [0.15, 0.2) is 0 Å². The summed E-state index contributed by atoms with van der Waals surface area (Å²) in [4.78, 5) is 12.6. The second-order valence-electron chi connectivity index (χ2n) is 4.25. The molecule has 4 heteroatoms. The maximum atomic E-state index is 13.1. The highest BCUT2D eigenvalue weighted by Gasteiger charge is 2.32. The smallest absolute Gasteiger partial charge is 0.305 e. The van der Waals surface area contributed by atoms with Crippen LogP contribution >= 0.6 is 0 Å². The van der Waals surface area contributed by atoms with Crippen molar-refractivity contribution in [2.75, 3.05) is 14.1 Å². The van der Waals surface area contributed by atoms with E-state index in [0.29, 0.717) is 5.56 Å². The zero-order valence-corrected chi connectivity index (χ0v) is 9.70. The molecule has 0 aromatic heterocycles. The molecule has 0 amide bonds. The molecule has 1 atom stereocenters. The Bertz CT molecular complexity index is 392. The summed E-state index contributed by atoms with van der Waals surface area (Å²) in [6.45, 7) is 1.79. The zero-order valence-electron chi connectivity index (χ0n) is 9.70. The van der Waals surface area contributed by atoms with Crippen LogP contribution in [-0.2, 0) is 10.3 Å². The van der Waals surface area contributed by atoms with Gasteiger partial charge in [-0.25, -0.2) is 4.39 Å². The van der Waals surface area contributed by atoms with Crippen molar-refractivity contribution in [1.82, 2.24) is 4.90 Å². The summed E-state index contributed by atoms with van der Waals surface area (Å²) >= 11 is 0. The molecule has 1 unspecified atom stereocenters.